The second kappa shape index (κ2) is 5.35. The Kier molecular flexibility index (Phi) is 4.10. The lowest BCUT2D eigenvalue weighted by Gasteiger charge is -2.05. The molecule has 0 aliphatic carbocycles. The molecule has 1 aromatic carbocycles. The largest absolute Gasteiger partial charge is 0.462 e. The number of rotatable bonds is 3. The van der Waals surface area contributed by atoms with Crippen LogP contribution in [0.4, 0.5) is 0 Å². The number of hydrogen-bond acceptors (Lipinski definition) is 2. The van der Waals surface area contributed by atoms with Crippen molar-refractivity contribution in [3.63, 3.8) is 0 Å². The number of esters is 1. The van der Waals surface area contributed by atoms with Gasteiger partial charge in [0.1, 0.15) is 0 Å². The van der Waals surface area contributed by atoms with Crippen molar-refractivity contribution in [3.8, 4) is 0 Å². The van der Waals surface area contributed by atoms with Crippen LogP contribution in [0.2, 0.25) is 0 Å². The predicted octanol–water partition coefficient (Wildman–Crippen LogP) is 3.29. The lowest BCUT2D eigenvalue weighted by atomic mass is 10.1. The van der Waals surface area contributed by atoms with Crippen LogP contribution in [0.1, 0.15) is 36.7 Å². The maximum Gasteiger partial charge on any atom is 0.338 e. The van der Waals surface area contributed by atoms with Crippen LogP contribution in [0.3, 0.4) is 0 Å². The van der Waals surface area contributed by atoms with E-state index in [2.05, 4.69) is 0 Å². The van der Waals surface area contributed by atoms with E-state index in [0.717, 1.165) is 11.1 Å². The molecule has 0 heterocycles. The van der Waals surface area contributed by atoms with Crippen molar-refractivity contribution in [1.29, 1.82) is 0 Å². The highest BCUT2D eigenvalue weighted by atomic mass is 16.5. The first-order valence-electron chi connectivity index (χ1n) is 5.06. The van der Waals surface area contributed by atoms with E-state index in [0.29, 0.717) is 12.2 Å². The van der Waals surface area contributed by atoms with Gasteiger partial charge in [0.2, 0.25) is 0 Å². The van der Waals surface area contributed by atoms with Gasteiger partial charge in [-0.2, -0.15) is 0 Å². The number of ether oxygens (including phenoxy) is 1. The summed E-state index contributed by atoms with van der Waals surface area (Å²) in [5.41, 5.74) is 2.70. The SMILES string of the molecule is CCOC(=O)c1ccccc1C=C(C)C. The Balaban J connectivity index is 3.06. The fraction of sp³-hybridized carbons (Fsp3) is 0.308. The molecule has 80 valence electrons. The maximum absolute atomic E-state index is 11.6. The summed E-state index contributed by atoms with van der Waals surface area (Å²) in [7, 11) is 0. The molecule has 0 radical (unpaired) electrons. The molecule has 0 amide bonds. The summed E-state index contributed by atoms with van der Waals surface area (Å²) < 4.78 is 4.98. The molecule has 0 saturated carbocycles. The predicted molar refractivity (Wildman–Crippen MR) is 61.7 cm³/mol. The van der Waals surface area contributed by atoms with E-state index < -0.39 is 0 Å². The second-order valence-corrected chi connectivity index (χ2v) is 3.53. The van der Waals surface area contributed by atoms with E-state index in [1.807, 2.05) is 38.1 Å². The second-order valence-electron chi connectivity index (χ2n) is 3.53. The summed E-state index contributed by atoms with van der Waals surface area (Å²) in [4.78, 5) is 11.6. The topological polar surface area (TPSA) is 26.3 Å². The van der Waals surface area contributed by atoms with Crippen LogP contribution < -0.4 is 0 Å². The molecule has 2 heteroatoms. The Bertz CT molecular complexity index is 374. The molecule has 1 rings (SSSR count). The van der Waals surface area contributed by atoms with Gasteiger partial charge in [0.25, 0.3) is 0 Å². The first-order chi connectivity index (χ1) is 7.15. The highest BCUT2D eigenvalue weighted by Crippen LogP contribution is 2.14. The van der Waals surface area contributed by atoms with Crippen molar-refractivity contribution < 1.29 is 9.53 Å². The van der Waals surface area contributed by atoms with Gasteiger partial charge in [-0.15, -0.1) is 0 Å². The molecule has 0 spiro atoms. The molecule has 0 bridgehead atoms. The average molecular weight is 204 g/mol. The van der Waals surface area contributed by atoms with Gasteiger partial charge < -0.3 is 4.74 Å². The van der Waals surface area contributed by atoms with Crippen molar-refractivity contribution in [2.75, 3.05) is 6.61 Å². The molecular weight excluding hydrogens is 188 g/mol. The van der Waals surface area contributed by atoms with Gasteiger partial charge in [-0.3, -0.25) is 0 Å². The number of hydrogen-bond donors (Lipinski definition) is 0. The number of carbonyl (C=O) groups is 1. The molecule has 0 saturated heterocycles. The summed E-state index contributed by atoms with van der Waals surface area (Å²) in [6, 6.07) is 7.46. The number of allylic oxidation sites excluding steroid dienone is 1. The molecule has 0 atom stereocenters. The van der Waals surface area contributed by atoms with Crippen LogP contribution in [-0.4, -0.2) is 12.6 Å². The third kappa shape index (κ3) is 3.24. The van der Waals surface area contributed by atoms with Crippen LogP contribution in [0.15, 0.2) is 29.8 Å². The van der Waals surface area contributed by atoms with Crippen molar-refractivity contribution in [1.82, 2.24) is 0 Å². The lowest BCUT2D eigenvalue weighted by Crippen LogP contribution is -2.06. The zero-order chi connectivity index (χ0) is 11.3. The van der Waals surface area contributed by atoms with E-state index in [1.165, 1.54) is 0 Å². The van der Waals surface area contributed by atoms with Crippen LogP contribution in [0.25, 0.3) is 6.08 Å². The summed E-state index contributed by atoms with van der Waals surface area (Å²) in [6.07, 6.45) is 1.98. The summed E-state index contributed by atoms with van der Waals surface area (Å²) in [5, 5.41) is 0. The molecule has 0 aliphatic heterocycles. The highest BCUT2D eigenvalue weighted by molar-refractivity contribution is 5.93. The van der Waals surface area contributed by atoms with Gasteiger partial charge in [0, 0.05) is 0 Å². The van der Waals surface area contributed by atoms with Gasteiger partial charge in [0.15, 0.2) is 0 Å². The van der Waals surface area contributed by atoms with Gasteiger partial charge in [-0.1, -0.05) is 29.8 Å². The lowest BCUT2D eigenvalue weighted by molar-refractivity contribution is 0.0526. The van der Waals surface area contributed by atoms with E-state index in [4.69, 9.17) is 4.74 Å². The van der Waals surface area contributed by atoms with E-state index >= 15 is 0 Å². The molecule has 0 unspecified atom stereocenters. The minimum Gasteiger partial charge on any atom is -0.462 e. The average Bonchev–Trinajstić information content (AvgIpc) is 2.18. The molecular formula is C13H16O2. The minimum atomic E-state index is -0.259. The van der Waals surface area contributed by atoms with Crippen molar-refractivity contribution in [3.05, 3.63) is 41.0 Å². The Hall–Kier alpha value is -1.57. The van der Waals surface area contributed by atoms with Crippen LogP contribution in [0, 0.1) is 0 Å². The Morgan fingerprint density at radius 3 is 2.60 bits per heavy atom. The van der Waals surface area contributed by atoms with E-state index in [9.17, 15) is 4.79 Å². The molecule has 1 aromatic rings. The van der Waals surface area contributed by atoms with Crippen LogP contribution in [0.5, 0.6) is 0 Å². The monoisotopic (exact) mass is 204 g/mol. The van der Waals surface area contributed by atoms with Gasteiger partial charge in [0.05, 0.1) is 12.2 Å². The number of benzene rings is 1. The smallest absolute Gasteiger partial charge is 0.338 e. The Morgan fingerprint density at radius 1 is 1.33 bits per heavy atom. The quantitative estimate of drug-likeness (QED) is 0.706. The first-order valence-corrected chi connectivity index (χ1v) is 5.06. The van der Waals surface area contributed by atoms with Crippen molar-refractivity contribution >= 4 is 12.0 Å². The standard InChI is InChI=1S/C13H16O2/c1-4-15-13(14)12-8-6-5-7-11(12)9-10(2)3/h5-9H,4H2,1-3H3. The van der Waals surface area contributed by atoms with Crippen molar-refractivity contribution in [2.45, 2.75) is 20.8 Å². The zero-order valence-corrected chi connectivity index (χ0v) is 9.41. The summed E-state index contributed by atoms with van der Waals surface area (Å²) >= 11 is 0. The normalized spacial score (nSPS) is 9.53. The third-order valence-corrected chi connectivity index (χ3v) is 1.90. The van der Waals surface area contributed by atoms with Gasteiger partial charge >= 0.3 is 5.97 Å². The minimum absolute atomic E-state index is 0.259. The molecule has 0 fully saturated rings. The molecule has 2 nitrogen and oxygen atoms in total. The maximum atomic E-state index is 11.6. The van der Waals surface area contributed by atoms with Gasteiger partial charge in [-0.05, 0) is 32.4 Å². The Labute approximate surface area is 90.6 Å². The van der Waals surface area contributed by atoms with Crippen molar-refractivity contribution in [2.24, 2.45) is 0 Å². The van der Waals surface area contributed by atoms with E-state index in [1.54, 1.807) is 13.0 Å². The third-order valence-electron chi connectivity index (χ3n) is 1.90. The van der Waals surface area contributed by atoms with Crippen LogP contribution in [-0.2, 0) is 4.74 Å². The summed E-state index contributed by atoms with van der Waals surface area (Å²) in [5.74, 6) is -0.259. The molecule has 15 heavy (non-hydrogen) atoms. The van der Waals surface area contributed by atoms with Crippen LogP contribution >= 0.6 is 0 Å². The summed E-state index contributed by atoms with van der Waals surface area (Å²) in [6.45, 7) is 6.22. The van der Waals surface area contributed by atoms with Gasteiger partial charge in [-0.25, -0.2) is 4.79 Å². The first kappa shape index (κ1) is 11.5. The van der Waals surface area contributed by atoms with E-state index in [-0.39, 0.29) is 5.97 Å². The number of carbonyl (C=O) groups excluding carboxylic acids is 1. The molecule has 0 N–H and O–H groups in total. The Morgan fingerprint density at radius 2 is 2.00 bits per heavy atom. The fourth-order valence-corrected chi connectivity index (χ4v) is 1.33. The fourth-order valence-electron chi connectivity index (χ4n) is 1.33. The molecule has 0 aromatic heterocycles. The highest BCUT2D eigenvalue weighted by Gasteiger charge is 2.09. The zero-order valence-electron chi connectivity index (χ0n) is 9.41. The molecule has 0 aliphatic rings.